The molecule has 9 aromatic rings. The van der Waals surface area contributed by atoms with Crippen molar-refractivity contribution in [1.29, 1.82) is 0 Å². The van der Waals surface area contributed by atoms with E-state index in [-0.39, 0.29) is 6.17 Å². The average Bonchev–Trinajstić information content (AvgIpc) is 3.73. The lowest BCUT2D eigenvalue weighted by atomic mass is 9.97. The third-order valence-corrected chi connectivity index (χ3v) is 10.4. The first-order chi connectivity index (χ1) is 23.8. The lowest BCUT2D eigenvalue weighted by Crippen LogP contribution is -2.33. The van der Waals surface area contributed by atoms with E-state index in [0.29, 0.717) is 5.84 Å². The van der Waals surface area contributed by atoms with E-state index in [4.69, 9.17) is 14.4 Å². The van der Waals surface area contributed by atoms with E-state index in [2.05, 4.69) is 151 Å². The Morgan fingerprint density at radius 3 is 2.21 bits per heavy atom. The number of thiophene rings is 1. The first kappa shape index (κ1) is 27.1. The van der Waals surface area contributed by atoms with Crippen molar-refractivity contribution in [3.8, 4) is 11.1 Å². The molecule has 3 heterocycles. The minimum absolute atomic E-state index is 0.310. The number of nitrogens with zero attached hydrogens (tertiary/aromatic N) is 2. The van der Waals surface area contributed by atoms with Gasteiger partial charge in [-0.2, -0.15) is 0 Å². The van der Waals surface area contributed by atoms with Crippen LogP contribution in [0.15, 0.2) is 166 Å². The van der Waals surface area contributed by atoms with Crippen molar-refractivity contribution in [2.24, 2.45) is 9.98 Å². The van der Waals surface area contributed by atoms with Crippen molar-refractivity contribution in [2.75, 3.05) is 0 Å². The minimum Gasteiger partial charge on any atom is -0.455 e. The summed E-state index contributed by atoms with van der Waals surface area (Å²) in [5.74, 6) is 1.50. The zero-order valence-corrected chi connectivity index (χ0v) is 26.5. The number of benzene rings is 7. The maximum atomic E-state index is 6.44. The second-order valence-electron chi connectivity index (χ2n) is 12.2. The van der Waals surface area contributed by atoms with E-state index in [0.717, 1.165) is 55.4 Å². The zero-order chi connectivity index (χ0) is 31.6. The topological polar surface area (TPSA) is 49.9 Å². The van der Waals surface area contributed by atoms with Gasteiger partial charge in [0.2, 0.25) is 0 Å². The molecule has 5 heteroatoms. The molecule has 7 aromatic carbocycles. The van der Waals surface area contributed by atoms with Crippen molar-refractivity contribution in [2.45, 2.75) is 6.17 Å². The van der Waals surface area contributed by atoms with Crippen molar-refractivity contribution in [3.63, 3.8) is 0 Å². The van der Waals surface area contributed by atoms with E-state index in [1.54, 1.807) is 0 Å². The predicted molar refractivity (Wildman–Crippen MR) is 201 cm³/mol. The van der Waals surface area contributed by atoms with Gasteiger partial charge in [0.05, 0.1) is 0 Å². The molecule has 0 fully saturated rings. The van der Waals surface area contributed by atoms with Gasteiger partial charge in [0.15, 0.2) is 5.84 Å². The Bertz CT molecular complexity index is 2760. The van der Waals surface area contributed by atoms with Crippen LogP contribution in [0.25, 0.3) is 64.0 Å². The van der Waals surface area contributed by atoms with Gasteiger partial charge < -0.3 is 9.73 Å². The molecule has 0 radical (unpaired) electrons. The summed E-state index contributed by atoms with van der Waals surface area (Å²) in [5.41, 5.74) is 7.18. The number of amidine groups is 2. The highest BCUT2D eigenvalue weighted by Gasteiger charge is 2.24. The molecule has 4 nitrogen and oxygen atoms in total. The summed E-state index contributed by atoms with van der Waals surface area (Å²) < 4.78 is 8.92. The standard InChI is InChI=1S/C43H27N3OS/c1-3-11-26(12-4-1)30-24-35(39-33-17-9-10-18-37(33)48-38(39)25-30)43-45-41(28-14-5-2-6-15-28)44-42(46-43)29-20-22-36-34(23-29)32-21-19-27-13-7-8-16-31(27)40(32)47-36/h1-25,41H,(H,44,45,46). The van der Waals surface area contributed by atoms with Gasteiger partial charge in [0.1, 0.15) is 23.2 Å². The molecule has 0 spiro atoms. The van der Waals surface area contributed by atoms with Gasteiger partial charge in [-0.05, 0) is 64.5 Å². The lowest BCUT2D eigenvalue weighted by Gasteiger charge is -2.24. The van der Waals surface area contributed by atoms with Crippen LogP contribution in [0.5, 0.6) is 0 Å². The normalized spacial score (nSPS) is 14.9. The summed E-state index contributed by atoms with van der Waals surface area (Å²) in [4.78, 5) is 10.6. The Morgan fingerprint density at radius 1 is 0.562 bits per heavy atom. The molecular weight excluding hydrogens is 607 g/mol. The quantitative estimate of drug-likeness (QED) is 0.210. The molecule has 1 aliphatic rings. The Balaban J connectivity index is 1.20. The summed E-state index contributed by atoms with van der Waals surface area (Å²) in [5, 5.41) is 10.5. The van der Waals surface area contributed by atoms with Crippen LogP contribution in [0.4, 0.5) is 0 Å². The zero-order valence-electron chi connectivity index (χ0n) is 25.7. The Hall–Kier alpha value is -6.04. The van der Waals surface area contributed by atoms with Crippen LogP contribution in [0.3, 0.4) is 0 Å². The van der Waals surface area contributed by atoms with Gasteiger partial charge in [0, 0.05) is 47.5 Å². The molecular formula is C43H27N3OS. The van der Waals surface area contributed by atoms with Crippen LogP contribution >= 0.6 is 11.3 Å². The van der Waals surface area contributed by atoms with Crippen LogP contribution in [0.2, 0.25) is 0 Å². The van der Waals surface area contributed by atoms with Gasteiger partial charge in [-0.15, -0.1) is 11.3 Å². The summed E-state index contributed by atoms with van der Waals surface area (Å²) in [6.45, 7) is 0. The highest BCUT2D eigenvalue weighted by Crippen LogP contribution is 2.40. The second-order valence-corrected chi connectivity index (χ2v) is 13.3. The van der Waals surface area contributed by atoms with Crippen molar-refractivity contribution in [1.82, 2.24) is 5.32 Å². The van der Waals surface area contributed by atoms with Crippen LogP contribution in [-0.2, 0) is 0 Å². The van der Waals surface area contributed by atoms with Gasteiger partial charge in [-0.25, -0.2) is 9.98 Å². The maximum absolute atomic E-state index is 6.44. The molecule has 2 aromatic heterocycles. The number of furan rings is 1. The molecule has 0 amide bonds. The Morgan fingerprint density at radius 2 is 1.33 bits per heavy atom. The van der Waals surface area contributed by atoms with Crippen molar-refractivity contribution in [3.05, 3.63) is 168 Å². The van der Waals surface area contributed by atoms with Gasteiger partial charge in [0.25, 0.3) is 0 Å². The molecule has 0 saturated heterocycles. The summed E-state index contributed by atoms with van der Waals surface area (Å²) in [6.07, 6.45) is -0.310. The van der Waals surface area contributed by atoms with Crippen molar-refractivity contribution >= 4 is 75.9 Å². The average molecular weight is 634 g/mol. The third-order valence-electron chi connectivity index (χ3n) is 9.32. The number of aliphatic imine (C=N–C) groups is 2. The fraction of sp³-hybridized carbons (Fsp3) is 0.0233. The molecule has 1 aliphatic heterocycles. The summed E-state index contributed by atoms with van der Waals surface area (Å²) >= 11 is 1.82. The highest BCUT2D eigenvalue weighted by molar-refractivity contribution is 7.26. The molecule has 0 aliphatic carbocycles. The monoisotopic (exact) mass is 633 g/mol. The SMILES string of the molecule is c1ccc(-c2cc(C3=NC(c4ccccc4)NC(c4ccc5oc6c7ccccc7ccc6c5c4)=N3)c3c(c2)sc2ccccc23)cc1. The van der Waals surface area contributed by atoms with Crippen LogP contribution in [-0.4, -0.2) is 11.7 Å². The van der Waals surface area contributed by atoms with E-state index in [1.807, 2.05) is 17.4 Å². The molecule has 226 valence electrons. The number of hydrogen-bond acceptors (Lipinski definition) is 5. The lowest BCUT2D eigenvalue weighted by molar-refractivity contribution is 0.671. The van der Waals surface area contributed by atoms with Crippen LogP contribution < -0.4 is 5.32 Å². The smallest absolute Gasteiger partial charge is 0.160 e. The van der Waals surface area contributed by atoms with Crippen LogP contribution in [0, 0.1) is 0 Å². The fourth-order valence-electron chi connectivity index (χ4n) is 7.00. The van der Waals surface area contributed by atoms with E-state index in [9.17, 15) is 0 Å². The molecule has 1 unspecified atom stereocenters. The first-order valence-electron chi connectivity index (χ1n) is 16.1. The number of fused-ring (bicyclic) bond motifs is 8. The first-order valence-corrected chi connectivity index (χ1v) is 16.9. The summed E-state index contributed by atoms with van der Waals surface area (Å²) in [6, 6.07) is 53.2. The van der Waals surface area contributed by atoms with Gasteiger partial charge in [-0.1, -0.05) is 109 Å². The maximum Gasteiger partial charge on any atom is 0.160 e. The van der Waals surface area contributed by atoms with Crippen molar-refractivity contribution < 1.29 is 4.42 Å². The number of hydrogen-bond donors (Lipinski definition) is 1. The number of rotatable bonds is 4. The second kappa shape index (κ2) is 10.8. The fourth-order valence-corrected chi connectivity index (χ4v) is 8.17. The molecule has 0 bridgehead atoms. The predicted octanol–water partition coefficient (Wildman–Crippen LogP) is 11.3. The number of nitrogens with one attached hydrogen (secondary N) is 1. The van der Waals surface area contributed by atoms with Gasteiger partial charge in [-0.3, -0.25) is 0 Å². The Labute approximate surface area is 280 Å². The van der Waals surface area contributed by atoms with Gasteiger partial charge >= 0.3 is 0 Å². The van der Waals surface area contributed by atoms with E-state index in [1.165, 1.54) is 31.1 Å². The van der Waals surface area contributed by atoms with Crippen LogP contribution in [0.1, 0.15) is 22.9 Å². The molecule has 10 rings (SSSR count). The largest absolute Gasteiger partial charge is 0.455 e. The molecule has 0 saturated carbocycles. The highest BCUT2D eigenvalue weighted by atomic mass is 32.1. The molecule has 1 atom stereocenters. The van der Waals surface area contributed by atoms with E-state index >= 15 is 0 Å². The Kier molecular flexibility index (Phi) is 6.08. The minimum atomic E-state index is -0.310. The van der Waals surface area contributed by atoms with E-state index < -0.39 is 0 Å². The third kappa shape index (κ3) is 4.36. The molecule has 48 heavy (non-hydrogen) atoms. The molecule has 1 N–H and O–H groups in total. The summed E-state index contributed by atoms with van der Waals surface area (Å²) in [7, 11) is 0.